The number of rotatable bonds is 8. The van der Waals surface area contributed by atoms with Crippen LogP contribution in [0.3, 0.4) is 0 Å². The van der Waals surface area contributed by atoms with Gasteiger partial charge in [-0.05, 0) is 78.4 Å². The van der Waals surface area contributed by atoms with Crippen LogP contribution in [-0.4, -0.2) is 15.0 Å². The zero-order valence-corrected chi connectivity index (χ0v) is 21.5. The SMILES string of the molecule is CC(NCc1ccc(C(Cc2nc3ccccc3[nH]2)C2CCCc3cccnc32)cc1)c1cccs1. The molecule has 5 aromatic rings. The third-order valence-electron chi connectivity index (χ3n) is 7.57. The van der Waals surface area contributed by atoms with Gasteiger partial charge < -0.3 is 10.3 Å². The Kier molecular flexibility index (Phi) is 6.67. The van der Waals surface area contributed by atoms with Crippen molar-refractivity contribution in [3.63, 3.8) is 0 Å². The molecule has 3 atom stereocenters. The maximum absolute atomic E-state index is 4.93. The van der Waals surface area contributed by atoms with Gasteiger partial charge in [0.2, 0.25) is 0 Å². The average Bonchev–Trinajstić information content (AvgIpc) is 3.61. The zero-order chi connectivity index (χ0) is 24.3. The fourth-order valence-corrected chi connectivity index (χ4v) is 6.39. The summed E-state index contributed by atoms with van der Waals surface area (Å²) in [7, 11) is 0. The lowest BCUT2D eigenvalue weighted by Crippen LogP contribution is -2.21. The maximum Gasteiger partial charge on any atom is 0.107 e. The van der Waals surface area contributed by atoms with Gasteiger partial charge in [0.25, 0.3) is 0 Å². The molecule has 3 aromatic heterocycles. The Balaban J connectivity index is 1.27. The first-order chi connectivity index (χ1) is 17.7. The number of para-hydroxylation sites is 2. The van der Waals surface area contributed by atoms with Crippen LogP contribution in [0.5, 0.6) is 0 Å². The number of H-pyrrole nitrogens is 1. The van der Waals surface area contributed by atoms with Gasteiger partial charge in [0, 0.05) is 41.7 Å². The van der Waals surface area contributed by atoms with E-state index in [2.05, 4.69) is 95.4 Å². The molecule has 3 unspecified atom stereocenters. The number of nitrogens with zero attached hydrogens (tertiary/aromatic N) is 2. The average molecular weight is 493 g/mol. The molecule has 0 aliphatic heterocycles. The van der Waals surface area contributed by atoms with Crippen molar-refractivity contribution < 1.29 is 0 Å². The van der Waals surface area contributed by atoms with Gasteiger partial charge in [0.05, 0.1) is 11.0 Å². The van der Waals surface area contributed by atoms with E-state index in [-0.39, 0.29) is 0 Å². The van der Waals surface area contributed by atoms with E-state index in [0.29, 0.717) is 17.9 Å². The number of hydrogen-bond donors (Lipinski definition) is 2. The molecule has 3 heterocycles. The summed E-state index contributed by atoms with van der Waals surface area (Å²) < 4.78 is 0. The van der Waals surface area contributed by atoms with Crippen LogP contribution in [0.1, 0.15) is 70.7 Å². The molecule has 182 valence electrons. The number of fused-ring (bicyclic) bond motifs is 2. The molecule has 0 fully saturated rings. The standard InChI is InChI=1S/C31H32N4S/c1-21(29-12-6-18-36-29)33-20-22-13-15-23(16-14-22)26(19-30-34-27-10-2-3-11-28(27)35-30)25-9-4-7-24-8-5-17-32-31(24)25/h2-3,5-6,8,10-18,21,25-26,33H,4,7,9,19-20H2,1H3,(H,34,35). The van der Waals surface area contributed by atoms with Crippen molar-refractivity contribution in [3.05, 3.63) is 117 Å². The molecule has 6 rings (SSSR count). The largest absolute Gasteiger partial charge is 0.342 e. The first-order valence-electron chi connectivity index (χ1n) is 13.0. The minimum absolute atomic E-state index is 0.326. The van der Waals surface area contributed by atoms with E-state index in [1.165, 1.54) is 33.7 Å². The molecule has 2 N–H and O–H groups in total. The van der Waals surface area contributed by atoms with Gasteiger partial charge in [0.1, 0.15) is 5.82 Å². The van der Waals surface area contributed by atoms with Crippen molar-refractivity contribution in [2.24, 2.45) is 0 Å². The highest BCUT2D eigenvalue weighted by Crippen LogP contribution is 2.42. The third-order valence-corrected chi connectivity index (χ3v) is 8.62. The van der Waals surface area contributed by atoms with Crippen molar-refractivity contribution in [3.8, 4) is 0 Å². The van der Waals surface area contributed by atoms with Gasteiger partial charge in [-0.25, -0.2) is 4.98 Å². The topological polar surface area (TPSA) is 53.6 Å². The molecule has 1 aliphatic carbocycles. The highest BCUT2D eigenvalue weighted by molar-refractivity contribution is 7.10. The van der Waals surface area contributed by atoms with E-state index in [9.17, 15) is 0 Å². The lowest BCUT2D eigenvalue weighted by atomic mass is 9.74. The number of aromatic amines is 1. The lowest BCUT2D eigenvalue weighted by molar-refractivity contribution is 0.447. The summed E-state index contributed by atoms with van der Waals surface area (Å²) in [6.07, 6.45) is 6.34. The van der Waals surface area contributed by atoms with Crippen LogP contribution >= 0.6 is 11.3 Å². The summed E-state index contributed by atoms with van der Waals surface area (Å²) >= 11 is 1.81. The van der Waals surface area contributed by atoms with E-state index in [0.717, 1.165) is 42.7 Å². The number of aromatic nitrogens is 3. The molecule has 36 heavy (non-hydrogen) atoms. The Morgan fingerprint density at radius 1 is 1.03 bits per heavy atom. The van der Waals surface area contributed by atoms with Gasteiger partial charge in [-0.15, -0.1) is 11.3 Å². The number of imidazole rings is 1. The fourth-order valence-electron chi connectivity index (χ4n) is 5.63. The molecule has 2 aromatic carbocycles. The van der Waals surface area contributed by atoms with Crippen molar-refractivity contribution in [2.75, 3.05) is 0 Å². The van der Waals surface area contributed by atoms with E-state index < -0.39 is 0 Å². The molecule has 0 saturated heterocycles. The van der Waals surface area contributed by atoms with Crippen LogP contribution in [0.15, 0.2) is 84.4 Å². The van der Waals surface area contributed by atoms with Crippen LogP contribution < -0.4 is 5.32 Å². The van der Waals surface area contributed by atoms with Gasteiger partial charge in [-0.1, -0.05) is 48.5 Å². The fraction of sp³-hybridized carbons (Fsp3) is 0.290. The monoisotopic (exact) mass is 492 g/mol. The van der Waals surface area contributed by atoms with Crippen LogP contribution in [0.2, 0.25) is 0 Å². The predicted molar refractivity (Wildman–Crippen MR) is 148 cm³/mol. The van der Waals surface area contributed by atoms with E-state index in [4.69, 9.17) is 9.97 Å². The first kappa shape index (κ1) is 23.1. The second-order valence-corrected chi connectivity index (χ2v) is 10.9. The van der Waals surface area contributed by atoms with Crippen molar-refractivity contribution in [2.45, 2.75) is 57.0 Å². The molecular formula is C31H32N4S. The van der Waals surface area contributed by atoms with Crippen LogP contribution in [0, 0.1) is 0 Å². The van der Waals surface area contributed by atoms with Crippen LogP contribution in [0.4, 0.5) is 0 Å². The summed E-state index contributed by atoms with van der Waals surface area (Å²) in [4.78, 5) is 14.8. The summed E-state index contributed by atoms with van der Waals surface area (Å²) in [6.45, 7) is 3.10. The van der Waals surface area contributed by atoms with Gasteiger partial charge >= 0.3 is 0 Å². The number of nitrogens with one attached hydrogen (secondary N) is 2. The summed E-state index contributed by atoms with van der Waals surface area (Å²) in [5, 5.41) is 5.81. The Bertz CT molecular complexity index is 1390. The van der Waals surface area contributed by atoms with E-state index >= 15 is 0 Å². The number of hydrogen-bond acceptors (Lipinski definition) is 4. The molecule has 1 aliphatic rings. The second kappa shape index (κ2) is 10.4. The van der Waals surface area contributed by atoms with Gasteiger partial charge in [0.15, 0.2) is 0 Å². The quantitative estimate of drug-likeness (QED) is 0.239. The molecule has 4 nitrogen and oxygen atoms in total. The smallest absolute Gasteiger partial charge is 0.107 e. The number of thiophene rings is 1. The highest BCUT2D eigenvalue weighted by atomic mass is 32.1. The van der Waals surface area contributed by atoms with Crippen LogP contribution in [-0.2, 0) is 19.4 Å². The van der Waals surface area contributed by atoms with E-state index in [1.54, 1.807) is 0 Å². The molecule has 0 bridgehead atoms. The maximum atomic E-state index is 4.93. The lowest BCUT2D eigenvalue weighted by Gasteiger charge is -2.31. The second-order valence-electron chi connectivity index (χ2n) is 9.92. The minimum Gasteiger partial charge on any atom is -0.342 e. The summed E-state index contributed by atoms with van der Waals surface area (Å²) in [5.74, 6) is 1.78. The molecule has 0 radical (unpaired) electrons. The number of aryl methyl sites for hydroxylation is 1. The molecule has 0 spiro atoms. The summed E-state index contributed by atoms with van der Waals surface area (Å²) in [6, 6.07) is 26.6. The van der Waals surface area contributed by atoms with E-state index in [1.807, 2.05) is 17.5 Å². The van der Waals surface area contributed by atoms with Gasteiger partial charge in [-0.2, -0.15) is 0 Å². The third kappa shape index (κ3) is 4.86. The summed E-state index contributed by atoms with van der Waals surface area (Å²) in [5.41, 5.74) is 7.51. The Labute approximate surface area is 216 Å². The molecule has 5 heteroatoms. The van der Waals surface area contributed by atoms with Crippen molar-refractivity contribution >= 4 is 22.4 Å². The number of pyridine rings is 1. The zero-order valence-electron chi connectivity index (χ0n) is 20.7. The number of benzene rings is 2. The van der Waals surface area contributed by atoms with Crippen LogP contribution in [0.25, 0.3) is 11.0 Å². The molecule has 0 saturated carbocycles. The van der Waals surface area contributed by atoms with Gasteiger partial charge in [-0.3, -0.25) is 4.98 Å². The predicted octanol–water partition coefficient (Wildman–Crippen LogP) is 7.32. The van der Waals surface area contributed by atoms with Crippen molar-refractivity contribution in [1.29, 1.82) is 0 Å². The normalized spacial score (nSPS) is 17.1. The Hall–Kier alpha value is -3.28. The Morgan fingerprint density at radius 3 is 2.75 bits per heavy atom. The molecule has 0 amide bonds. The first-order valence-corrected chi connectivity index (χ1v) is 13.9. The van der Waals surface area contributed by atoms with Crippen molar-refractivity contribution in [1.82, 2.24) is 20.3 Å². The minimum atomic E-state index is 0.326. The Morgan fingerprint density at radius 2 is 1.92 bits per heavy atom. The highest BCUT2D eigenvalue weighted by Gasteiger charge is 2.31. The molecular weight excluding hydrogens is 460 g/mol.